The molecule has 130 valence electrons. The summed E-state index contributed by atoms with van der Waals surface area (Å²) in [5.74, 6) is 1.50. The van der Waals surface area contributed by atoms with Crippen LogP contribution in [-0.4, -0.2) is 35.5 Å². The molecule has 0 saturated carbocycles. The van der Waals surface area contributed by atoms with E-state index in [-0.39, 0.29) is 11.0 Å². The predicted octanol–water partition coefficient (Wildman–Crippen LogP) is 4.18. The summed E-state index contributed by atoms with van der Waals surface area (Å²) in [6, 6.07) is 8.92. The van der Waals surface area contributed by atoms with E-state index in [0.29, 0.717) is 28.2 Å². The van der Waals surface area contributed by atoms with Crippen LogP contribution in [0.5, 0.6) is 11.5 Å². The summed E-state index contributed by atoms with van der Waals surface area (Å²) < 4.78 is 16.1. The Hall–Kier alpha value is -2.32. The molecule has 1 unspecified atom stereocenters. The van der Waals surface area contributed by atoms with Gasteiger partial charge < -0.3 is 13.9 Å². The number of thioether (sulfide) groups is 1. The Morgan fingerprint density at radius 3 is 2.68 bits per heavy atom. The minimum absolute atomic E-state index is 0.0539. The minimum Gasteiger partial charge on any atom is -0.493 e. The van der Waals surface area contributed by atoms with Gasteiger partial charge in [-0.3, -0.25) is 4.79 Å². The SMILES string of the molecule is COc1ccc(C(=O)C(C)Sc2nnc(-c3cccs3)o2)cc1OC. The average molecular weight is 376 g/mol. The molecule has 0 N–H and O–H groups in total. The van der Waals surface area contributed by atoms with Crippen molar-refractivity contribution in [2.75, 3.05) is 14.2 Å². The maximum absolute atomic E-state index is 12.6. The number of aromatic nitrogens is 2. The van der Waals surface area contributed by atoms with Crippen molar-refractivity contribution in [2.24, 2.45) is 0 Å². The lowest BCUT2D eigenvalue weighted by Crippen LogP contribution is -2.13. The molecule has 0 saturated heterocycles. The standard InChI is InChI=1S/C17H16N2O4S2/c1-10(15(20)11-6-7-12(21-2)13(9-11)22-3)25-17-19-18-16(23-17)14-5-4-8-24-14/h4-10H,1-3H3. The van der Waals surface area contributed by atoms with E-state index in [4.69, 9.17) is 13.9 Å². The van der Waals surface area contributed by atoms with Gasteiger partial charge in [0.1, 0.15) is 0 Å². The van der Waals surface area contributed by atoms with Crippen LogP contribution in [0.2, 0.25) is 0 Å². The molecule has 25 heavy (non-hydrogen) atoms. The Morgan fingerprint density at radius 1 is 1.20 bits per heavy atom. The maximum atomic E-state index is 12.6. The smallest absolute Gasteiger partial charge is 0.277 e. The maximum Gasteiger partial charge on any atom is 0.277 e. The predicted molar refractivity (Wildman–Crippen MR) is 96.8 cm³/mol. The second-order valence-electron chi connectivity index (χ2n) is 5.04. The van der Waals surface area contributed by atoms with Crippen molar-refractivity contribution < 1.29 is 18.7 Å². The molecule has 0 fully saturated rings. The van der Waals surface area contributed by atoms with Crippen LogP contribution in [0.3, 0.4) is 0 Å². The lowest BCUT2D eigenvalue weighted by Gasteiger charge is -2.11. The average Bonchev–Trinajstić information content (AvgIpc) is 3.31. The molecule has 3 rings (SSSR count). The first-order valence-electron chi connectivity index (χ1n) is 7.42. The normalized spacial score (nSPS) is 12.0. The number of carbonyl (C=O) groups is 1. The van der Waals surface area contributed by atoms with E-state index in [1.54, 1.807) is 32.2 Å². The number of hydrogen-bond donors (Lipinski definition) is 0. The molecule has 2 aromatic heterocycles. The zero-order valence-electron chi connectivity index (χ0n) is 13.9. The molecule has 3 aromatic rings. The largest absolute Gasteiger partial charge is 0.493 e. The van der Waals surface area contributed by atoms with Crippen LogP contribution in [-0.2, 0) is 0 Å². The Bertz CT molecular complexity index is 861. The number of nitrogens with zero attached hydrogens (tertiary/aromatic N) is 2. The van der Waals surface area contributed by atoms with Crippen LogP contribution < -0.4 is 9.47 Å². The molecule has 0 aliphatic carbocycles. The van der Waals surface area contributed by atoms with Gasteiger partial charge in [0.25, 0.3) is 11.1 Å². The van der Waals surface area contributed by atoms with Crippen molar-refractivity contribution in [3.8, 4) is 22.3 Å². The zero-order chi connectivity index (χ0) is 17.8. The molecule has 8 heteroatoms. The zero-order valence-corrected chi connectivity index (χ0v) is 15.5. The summed E-state index contributed by atoms with van der Waals surface area (Å²) in [6.07, 6.45) is 0. The summed E-state index contributed by atoms with van der Waals surface area (Å²) >= 11 is 2.75. The second-order valence-corrected chi connectivity index (χ2v) is 7.28. The summed E-state index contributed by atoms with van der Waals surface area (Å²) in [4.78, 5) is 13.5. The molecular weight excluding hydrogens is 360 g/mol. The van der Waals surface area contributed by atoms with E-state index in [2.05, 4.69) is 10.2 Å². The Kier molecular flexibility index (Phi) is 5.40. The number of rotatable bonds is 7. The molecule has 2 heterocycles. The summed E-state index contributed by atoms with van der Waals surface area (Å²) in [5, 5.41) is 9.95. The number of thiophene rings is 1. The minimum atomic E-state index is -0.380. The van der Waals surface area contributed by atoms with Crippen molar-refractivity contribution in [1.82, 2.24) is 10.2 Å². The number of ketones is 1. The van der Waals surface area contributed by atoms with E-state index >= 15 is 0 Å². The third-order valence-corrected chi connectivity index (χ3v) is 5.25. The third kappa shape index (κ3) is 3.85. The van der Waals surface area contributed by atoms with Gasteiger partial charge in [-0.2, -0.15) is 0 Å². The summed E-state index contributed by atoms with van der Waals surface area (Å²) in [6.45, 7) is 1.80. The summed E-state index contributed by atoms with van der Waals surface area (Å²) in [5.41, 5.74) is 0.538. The van der Waals surface area contributed by atoms with Gasteiger partial charge in [0, 0.05) is 5.56 Å². The Labute approximate surface area is 153 Å². The van der Waals surface area contributed by atoms with Crippen LogP contribution in [0, 0.1) is 0 Å². The molecule has 0 aliphatic rings. The Morgan fingerprint density at radius 2 is 2.00 bits per heavy atom. The first kappa shape index (κ1) is 17.5. The van der Waals surface area contributed by atoms with Gasteiger partial charge in [-0.05, 0) is 36.6 Å². The third-order valence-electron chi connectivity index (χ3n) is 3.45. The highest BCUT2D eigenvalue weighted by Gasteiger charge is 2.21. The van der Waals surface area contributed by atoms with Crippen molar-refractivity contribution in [3.05, 3.63) is 41.3 Å². The van der Waals surface area contributed by atoms with Crippen molar-refractivity contribution in [2.45, 2.75) is 17.4 Å². The molecule has 0 aliphatic heterocycles. The van der Waals surface area contributed by atoms with Gasteiger partial charge in [0.05, 0.1) is 24.3 Å². The topological polar surface area (TPSA) is 74.5 Å². The second kappa shape index (κ2) is 7.71. The van der Waals surface area contributed by atoms with Gasteiger partial charge >= 0.3 is 0 Å². The van der Waals surface area contributed by atoms with Gasteiger partial charge in [-0.15, -0.1) is 21.5 Å². The molecule has 0 spiro atoms. The lowest BCUT2D eigenvalue weighted by molar-refractivity contribution is 0.0993. The van der Waals surface area contributed by atoms with E-state index in [1.165, 1.54) is 30.2 Å². The van der Waals surface area contributed by atoms with Crippen LogP contribution in [0.15, 0.2) is 45.4 Å². The van der Waals surface area contributed by atoms with Crippen molar-refractivity contribution in [3.63, 3.8) is 0 Å². The number of ether oxygens (including phenoxy) is 2. The van der Waals surface area contributed by atoms with Crippen LogP contribution in [0.4, 0.5) is 0 Å². The van der Waals surface area contributed by atoms with Crippen molar-refractivity contribution in [1.29, 1.82) is 0 Å². The molecule has 1 aromatic carbocycles. The number of hydrogen-bond acceptors (Lipinski definition) is 8. The van der Waals surface area contributed by atoms with Gasteiger partial charge in [0.15, 0.2) is 17.3 Å². The molecular formula is C17H16N2O4S2. The van der Waals surface area contributed by atoms with Crippen molar-refractivity contribution >= 4 is 28.9 Å². The highest BCUT2D eigenvalue weighted by molar-refractivity contribution is 8.00. The summed E-state index contributed by atoms with van der Waals surface area (Å²) in [7, 11) is 3.09. The number of benzene rings is 1. The highest BCUT2D eigenvalue weighted by atomic mass is 32.2. The first-order valence-corrected chi connectivity index (χ1v) is 9.18. The molecule has 6 nitrogen and oxygen atoms in total. The monoisotopic (exact) mass is 376 g/mol. The molecule has 1 atom stereocenters. The first-order chi connectivity index (χ1) is 12.1. The van der Waals surface area contributed by atoms with Crippen LogP contribution in [0.1, 0.15) is 17.3 Å². The fraction of sp³-hybridized carbons (Fsp3) is 0.235. The molecule has 0 bridgehead atoms. The molecule has 0 amide bonds. The van der Waals surface area contributed by atoms with Crippen LogP contribution >= 0.6 is 23.1 Å². The van der Waals surface area contributed by atoms with Gasteiger partial charge in [-0.25, -0.2) is 0 Å². The van der Waals surface area contributed by atoms with E-state index < -0.39 is 0 Å². The van der Waals surface area contributed by atoms with E-state index in [0.717, 1.165) is 4.88 Å². The van der Waals surface area contributed by atoms with E-state index in [1.807, 2.05) is 17.5 Å². The number of Topliss-reactive ketones (excluding diaryl/α,β-unsaturated/α-hetero) is 1. The van der Waals surface area contributed by atoms with Crippen LogP contribution in [0.25, 0.3) is 10.8 Å². The van der Waals surface area contributed by atoms with Gasteiger partial charge in [0.2, 0.25) is 0 Å². The Balaban J connectivity index is 1.73. The van der Waals surface area contributed by atoms with Gasteiger partial charge in [-0.1, -0.05) is 17.8 Å². The highest BCUT2D eigenvalue weighted by Crippen LogP contribution is 2.32. The number of methoxy groups -OCH3 is 2. The number of carbonyl (C=O) groups excluding carboxylic acids is 1. The molecule has 0 radical (unpaired) electrons. The fourth-order valence-corrected chi connectivity index (χ4v) is 3.59. The quantitative estimate of drug-likeness (QED) is 0.452. The lowest BCUT2D eigenvalue weighted by atomic mass is 10.1. The van der Waals surface area contributed by atoms with E-state index in [9.17, 15) is 4.79 Å². The fourth-order valence-electron chi connectivity index (χ4n) is 2.19.